The SMILES string of the molecule is CC(C)[C@@H](NC(=O)CCOc1ccccc1)C(=O)N1CCOCC1. The van der Waals surface area contributed by atoms with Crippen LogP contribution in [0, 0.1) is 5.92 Å². The van der Waals surface area contributed by atoms with E-state index in [9.17, 15) is 9.59 Å². The van der Waals surface area contributed by atoms with Crippen LogP contribution in [0.3, 0.4) is 0 Å². The first-order valence-corrected chi connectivity index (χ1v) is 8.41. The van der Waals surface area contributed by atoms with Crippen molar-refractivity contribution in [2.24, 2.45) is 5.92 Å². The molecule has 0 aromatic heterocycles. The third-order valence-electron chi connectivity index (χ3n) is 3.91. The molecule has 24 heavy (non-hydrogen) atoms. The molecule has 2 rings (SSSR count). The van der Waals surface area contributed by atoms with E-state index in [1.807, 2.05) is 44.2 Å². The number of para-hydroxylation sites is 1. The third-order valence-corrected chi connectivity index (χ3v) is 3.91. The van der Waals surface area contributed by atoms with Gasteiger partial charge in [-0.1, -0.05) is 32.0 Å². The molecular formula is C18H26N2O4. The van der Waals surface area contributed by atoms with Crippen molar-refractivity contribution in [1.29, 1.82) is 0 Å². The van der Waals surface area contributed by atoms with E-state index in [1.165, 1.54) is 0 Å². The van der Waals surface area contributed by atoms with E-state index in [0.29, 0.717) is 26.3 Å². The number of amides is 2. The Bertz CT molecular complexity index is 527. The zero-order chi connectivity index (χ0) is 17.4. The summed E-state index contributed by atoms with van der Waals surface area (Å²) in [7, 11) is 0. The predicted molar refractivity (Wildman–Crippen MR) is 90.7 cm³/mol. The summed E-state index contributed by atoms with van der Waals surface area (Å²) in [5, 5.41) is 2.85. The van der Waals surface area contributed by atoms with Crippen molar-refractivity contribution in [3.8, 4) is 5.75 Å². The first kappa shape index (κ1) is 18.3. The van der Waals surface area contributed by atoms with Gasteiger partial charge in [0.05, 0.1) is 26.2 Å². The van der Waals surface area contributed by atoms with Crippen LogP contribution < -0.4 is 10.1 Å². The van der Waals surface area contributed by atoms with Crippen LogP contribution in [0.5, 0.6) is 5.75 Å². The van der Waals surface area contributed by atoms with Crippen LogP contribution in [-0.2, 0) is 14.3 Å². The van der Waals surface area contributed by atoms with Crippen LogP contribution in [0.25, 0.3) is 0 Å². The molecule has 2 amide bonds. The van der Waals surface area contributed by atoms with Gasteiger partial charge in [0, 0.05) is 13.1 Å². The van der Waals surface area contributed by atoms with E-state index in [0.717, 1.165) is 5.75 Å². The molecule has 1 atom stereocenters. The Balaban J connectivity index is 1.80. The Morgan fingerprint density at radius 3 is 2.50 bits per heavy atom. The molecule has 0 bridgehead atoms. The average Bonchev–Trinajstić information content (AvgIpc) is 2.60. The van der Waals surface area contributed by atoms with Crippen molar-refractivity contribution in [2.75, 3.05) is 32.9 Å². The minimum atomic E-state index is -0.507. The molecule has 0 radical (unpaired) electrons. The Kier molecular flexibility index (Phi) is 7.06. The molecule has 1 heterocycles. The summed E-state index contributed by atoms with van der Waals surface area (Å²) in [6.45, 7) is 6.41. The second kappa shape index (κ2) is 9.27. The smallest absolute Gasteiger partial charge is 0.245 e. The largest absolute Gasteiger partial charge is 0.493 e. The lowest BCUT2D eigenvalue weighted by Gasteiger charge is -2.32. The summed E-state index contributed by atoms with van der Waals surface area (Å²) >= 11 is 0. The molecule has 1 aromatic rings. The fourth-order valence-corrected chi connectivity index (χ4v) is 2.52. The number of carbonyl (C=O) groups is 2. The Morgan fingerprint density at radius 1 is 1.21 bits per heavy atom. The monoisotopic (exact) mass is 334 g/mol. The van der Waals surface area contributed by atoms with Gasteiger partial charge in [0.25, 0.3) is 0 Å². The Hall–Kier alpha value is -2.08. The molecule has 6 heteroatoms. The molecule has 1 saturated heterocycles. The van der Waals surface area contributed by atoms with E-state index in [1.54, 1.807) is 4.90 Å². The molecule has 6 nitrogen and oxygen atoms in total. The summed E-state index contributed by atoms with van der Waals surface area (Å²) in [5.74, 6) is 0.548. The molecule has 1 fully saturated rings. The molecular weight excluding hydrogens is 308 g/mol. The van der Waals surface area contributed by atoms with Gasteiger partial charge in [-0.2, -0.15) is 0 Å². The van der Waals surface area contributed by atoms with Crippen molar-refractivity contribution in [3.05, 3.63) is 30.3 Å². The molecule has 0 saturated carbocycles. The molecule has 1 aliphatic heterocycles. The van der Waals surface area contributed by atoms with Crippen LogP contribution in [0.15, 0.2) is 30.3 Å². The summed E-state index contributed by atoms with van der Waals surface area (Å²) in [6, 6.07) is 8.85. The van der Waals surface area contributed by atoms with Gasteiger partial charge < -0.3 is 19.7 Å². The number of nitrogens with zero attached hydrogens (tertiary/aromatic N) is 1. The number of benzene rings is 1. The number of hydrogen-bond acceptors (Lipinski definition) is 4. The van der Waals surface area contributed by atoms with Crippen molar-refractivity contribution < 1.29 is 19.1 Å². The first-order chi connectivity index (χ1) is 11.6. The van der Waals surface area contributed by atoms with E-state index >= 15 is 0 Å². The van der Waals surface area contributed by atoms with Gasteiger partial charge in [-0.25, -0.2) is 0 Å². The maximum atomic E-state index is 12.6. The van der Waals surface area contributed by atoms with Crippen molar-refractivity contribution >= 4 is 11.8 Å². The zero-order valence-corrected chi connectivity index (χ0v) is 14.4. The van der Waals surface area contributed by atoms with Crippen LogP contribution in [0.4, 0.5) is 0 Å². The van der Waals surface area contributed by atoms with Crippen molar-refractivity contribution in [2.45, 2.75) is 26.3 Å². The van der Waals surface area contributed by atoms with Gasteiger partial charge in [-0.3, -0.25) is 9.59 Å². The third kappa shape index (κ3) is 5.53. The standard InChI is InChI=1S/C18H26N2O4/c1-14(2)17(18(22)20-9-12-23-13-10-20)19-16(21)8-11-24-15-6-4-3-5-7-15/h3-7,14,17H,8-13H2,1-2H3,(H,19,21)/t17-/m1/s1. The van der Waals surface area contributed by atoms with Crippen LogP contribution in [0.1, 0.15) is 20.3 Å². The lowest BCUT2D eigenvalue weighted by Crippen LogP contribution is -2.53. The molecule has 1 aliphatic rings. The highest BCUT2D eigenvalue weighted by Gasteiger charge is 2.29. The quantitative estimate of drug-likeness (QED) is 0.820. The lowest BCUT2D eigenvalue weighted by molar-refractivity contribution is -0.141. The second-order valence-electron chi connectivity index (χ2n) is 6.14. The fraction of sp³-hybridized carbons (Fsp3) is 0.556. The topological polar surface area (TPSA) is 67.9 Å². The predicted octanol–water partition coefficient (Wildman–Crippen LogP) is 1.46. The number of morpholine rings is 1. The normalized spacial score (nSPS) is 15.9. The minimum absolute atomic E-state index is 0.0272. The zero-order valence-electron chi connectivity index (χ0n) is 14.4. The molecule has 1 N–H and O–H groups in total. The number of carbonyl (C=O) groups excluding carboxylic acids is 2. The summed E-state index contributed by atoms with van der Waals surface area (Å²) in [4.78, 5) is 26.5. The lowest BCUT2D eigenvalue weighted by atomic mass is 10.0. The number of hydrogen-bond donors (Lipinski definition) is 1. The Labute approximate surface area is 143 Å². The van der Waals surface area contributed by atoms with Crippen molar-refractivity contribution in [1.82, 2.24) is 10.2 Å². The highest BCUT2D eigenvalue weighted by molar-refractivity contribution is 5.88. The van der Waals surface area contributed by atoms with Crippen LogP contribution in [-0.4, -0.2) is 55.7 Å². The average molecular weight is 334 g/mol. The van der Waals surface area contributed by atoms with Gasteiger partial charge in [0.1, 0.15) is 11.8 Å². The van der Waals surface area contributed by atoms with Crippen molar-refractivity contribution in [3.63, 3.8) is 0 Å². The van der Waals surface area contributed by atoms with E-state index in [4.69, 9.17) is 9.47 Å². The highest BCUT2D eigenvalue weighted by Crippen LogP contribution is 2.10. The minimum Gasteiger partial charge on any atom is -0.493 e. The van der Waals surface area contributed by atoms with E-state index in [-0.39, 0.29) is 30.8 Å². The maximum Gasteiger partial charge on any atom is 0.245 e. The summed E-state index contributed by atoms with van der Waals surface area (Å²) < 4.78 is 10.8. The van der Waals surface area contributed by atoms with Gasteiger partial charge in [0.2, 0.25) is 11.8 Å². The number of nitrogens with one attached hydrogen (secondary N) is 1. The number of rotatable bonds is 7. The number of ether oxygens (including phenoxy) is 2. The van der Waals surface area contributed by atoms with E-state index in [2.05, 4.69) is 5.32 Å². The molecule has 0 aliphatic carbocycles. The molecule has 0 spiro atoms. The molecule has 132 valence electrons. The maximum absolute atomic E-state index is 12.6. The summed E-state index contributed by atoms with van der Waals surface area (Å²) in [5.41, 5.74) is 0. The summed E-state index contributed by atoms with van der Waals surface area (Å²) in [6.07, 6.45) is 0.217. The van der Waals surface area contributed by atoms with Gasteiger partial charge in [-0.15, -0.1) is 0 Å². The van der Waals surface area contributed by atoms with Crippen LogP contribution in [0.2, 0.25) is 0 Å². The Morgan fingerprint density at radius 2 is 1.88 bits per heavy atom. The van der Waals surface area contributed by atoms with Crippen LogP contribution >= 0.6 is 0 Å². The molecule has 1 aromatic carbocycles. The van der Waals surface area contributed by atoms with Gasteiger partial charge >= 0.3 is 0 Å². The van der Waals surface area contributed by atoms with Gasteiger partial charge in [0.15, 0.2) is 0 Å². The second-order valence-corrected chi connectivity index (χ2v) is 6.14. The van der Waals surface area contributed by atoms with Gasteiger partial charge in [-0.05, 0) is 18.1 Å². The fourth-order valence-electron chi connectivity index (χ4n) is 2.52. The highest BCUT2D eigenvalue weighted by atomic mass is 16.5. The van der Waals surface area contributed by atoms with E-state index < -0.39 is 6.04 Å². The molecule has 0 unspecified atom stereocenters. The first-order valence-electron chi connectivity index (χ1n) is 8.41.